The molecule has 0 aliphatic heterocycles. The lowest BCUT2D eigenvalue weighted by Crippen LogP contribution is -2.55. The molecule has 2 aromatic carbocycles. The molecule has 256 valence electrons. The van der Waals surface area contributed by atoms with Gasteiger partial charge in [-0.05, 0) is 73.4 Å². The zero-order valence-corrected chi connectivity index (χ0v) is 28.3. The van der Waals surface area contributed by atoms with Gasteiger partial charge in [-0.1, -0.05) is 53.7 Å². The van der Waals surface area contributed by atoms with Gasteiger partial charge in [0.1, 0.15) is 23.9 Å². The maximum Gasteiger partial charge on any atom is 0.251 e. The molecular weight excluding hydrogens is 592 g/mol. The zero-order chi connectivity index (χ0) is 34.4. The minimum Gasteiger partial charge on any atom is -0.374 e. The van der Waals surface area contributed by atoms with Crippen LogP contribution in [0.2, 0.25) is 0 Å². The van der Waals surface area contributed by atoms with E-state index in [1.807, 2.05) is 46.4 Å². The van der Waals surface area contributed by atoms with Crippen LogP contribution in [0.4, 0.5) is 8.78 Å². The number of aliphatic hydroxyl groups excluding tert-OH is 1. The van der Waals surface area contributed by atoms with Crippen LogP contribution in [0.3, 0.4) is 0 Å². The van der Waals surface area contributed by atoms with E-state index in [0.717, 1.165) is 18.9 Å². The molecular formula is C35H53F2N5O4. The summed E-state index contributed by atoms with van der Waals surface area (Å²) < 4.78 is 28.0. The normalized spacial score (nSPS) is 14.2. The standard InChI is InChI=1S/C35H53F2N5O4/c1-8-13-42(14-9-2)35(46)27-12-10-11-26(18-27)33(44)40-30(17-25-15-28(36)19-29(37)16-25)21-38-24(7)32(43)41-31(23(5)6)34(45)39-20-22(3)4/h10-12,15-16,18-19,22-24,30-31,35,38,46H,8-9,13-14,17,20-21H2,1-7H3,(H,39,45)(H,40,44)(H,41,43)/t24-,30-,31-,35?/m0/s1. The number of benzene rings is 2. The van der Waals surface area contributed by atoms with Crippen LogP contribution in [0.1, 0.15) is 89.0 Å². The molecule has 2 rings (SSSR count). The molecule has 0 radical (unpaired) electrons. The Balaban J connectivity index is 2.20. The van der Waals surface area contributed by atoms with Crippen LogP contribution in [-0.4, -0.2) is 72.0 Å². The molecule has 11 heteroatoms. The molecule has 0 spiro atoms. The molecule has 2 aromatic rings. The second kappa shape index (κ2) is 19.3. The van der Waals surface area contributed by atoms with Crippen LogP contribution >= 0.6 is 0 Å². The predicted octanol–water partition coefficient (Wildman–Crippen LogP) is 4.31. The molecule has 4 atom stereocenters. The Bertz CT molecular complexity index is 1250. The second-order valence-electron chi connectivity index (χ2n) is 12.7. The first-order valence-electron chi connectivity index (χ1n) is 16.3. The van der Waals surface area contributed by atoms with Gasteiger partial charge in [-0.15, -0.1) is 0 Å². The number of aliphatic hydroxyl groups is 1. The van der Waals surface area contributed by atoms with Crippen LogP contribution in [0.5, 0.6) is 0 Å². The van der Waals surface area contributed by atoms with Crippen molar-refractivity contribution in [2.24, 2.45) is 11.8 Å². The van der Waals surface area contributed by atoms with Crippen LogP contribution < -0.4 is 21.3 Å². The number of rotatable bonds is 19. The topological polar surface area (TPSA) is 123 Å². The number of halogens is 2. The quantitative estimate of drug-likeness (QED) is 0.145. The van der Waals surface area contributed by atoms with Gasteiger partial charge in [0.15, 0.2) is 0 Å². The van der Waals surface area contributed by atoms with Gasteiger partial charge in [-0.2, -0.15) is 0 Å². The van der Waals surface area contributed by atoms with E-state index in [2.05, 4.69) is 21.3 Å². The Morgan fingerprint density at radius 3 is 2.04 bits per heavy atom. The minimum atomic E-state index is -0.873. The molecule has 0 heterocycles. The SMILES string of the molecule is CCCN(CCC)C(O)c1cccc(C(=O)N[C@H](CN[C@@H](C)C(=O)N[C@H](C(=O)NCC(C)C)C(C)C)Cc2cc(F)cc(F)c2)c1. The van der Waals surface area contributed by atoms with Crippen molar-refractivity contribution in [3.8, 4) is 0 Å². The minimum absolute atomic E-state index is 0.0804. The summed E-state index contributed by atoms with van der Waals surface area (Å²) in [6.45, 7) is 15.4. The van der Waals surface area contributed by atoms with E-state index in [1.165, 1.54) is 12.1 Å². The van der Waals surface area contributed by atoms with E-state index in [4.69, 9.17) is 0 Å². The van der Waals surface area contributed by atoms with E-state index >= 15 is 0 Å². The summed E-state index contributed by atoms with van der Waals surface area (Å²) in [6.07, 6.45) is 0.942. The molecule has 1 unspecified atom stereocenters. The molecule has 3 amide bonds. The molecule has 0 saturated heterocycles. The van der Waals surface area contributed by atoms with Gasteiger partial charge in [0.25, 0.3) is 5.91 Å². The van der Waals surface area contributed by atoms with Gasteiger partial charge in [-0.25, -0.2) is 8.78 Å². The highest BCUT2D eigenvalue weighted by Crippen LogP contribution is 2.20. The van der Waals surface area contributed by atoms with Crippen molar-refractivity contribution in [1.29, 1.82) is 0 Å². The van der Waals surface area contributed by atoms with Gasteiger partial charge in [-0.3, -0.25) is 19.3 Å². The second-order valence-corrected chi connectivity index (χ2v) is 12.7. The summed E-state index contributed by atoms with van der Waals surface area (Å²) in [4.78, 5) is 41.2. The fourth-order valence-electron chi connectivity index (χ4n) is 5.08. The number of carbonyl (C=O) groups is 3. The maximum atomic E-state index is 14.0. The zero-order valence-electron chi connectivity index (χ0n) is 28.3. The first-order chi connectivity index (χ1) is 21.7. The molecule has 9 nitrogen and oxygen atoms in total. The third kappa shape index (κ3) is 12.8. The number of hydrogen-bond donors (Lipinski definition) is 5. The summed E-state index contributed by atoms with van der Waals surface area (Å²) in [7, 11) is 0. The van der Waals surface area contributed by atoms with E-state index in [-0.39, 0.29) is 30.7 Å². The van der Waals surface area contributed by atoms with Gasteiger partial charge in [0.2, 0.25) is 11.8 Å². The number of nitrogens with zero attached hydrogens (tertiary/aromatic N) is 1. The third-order valence-corrected chi connectivity index (χ3v) is 7.55. The fourth-order valence-corrected chi connectivity index (χ4v) is 5.08. The van der Waals surface area contributed by atoms with Crippen molar-refractivity contribution < 1.29 is 28.3 Å². The third-order valence-electron chi connectivity index (χ3n) is 7.55. The highest BCUT2D eigenvalue weighted by atomic mass is 19.1. The Morgan fingerprint density at radius 2 is 1.48 bits per heavy atom. The van der Waals surface area contributed by atoms with E-state index in [9.17, 15) is 28.3 Å². The Morgan fingerprint density at radius 1 is 0.848 bits per heavy atom. The van der Waals surface area contributed by atoms with E-state index in [0.29, 0.717) is 36.3 Å². The Kier molecular flexibility index (Phi) is 16.3. The summed E-state index contributed by atoms with van der Waals surface area (Å²) in [5.74, 6) is -2.45. The lowest BCUT2D eigenvalue weighted by atomic mass is 10.0. The monoisotopic (exact) mass is 645 g/mol. The van der Waals surface area contributed by atoms with Crippen molar-refractivity contribution >= 4 is 17.7 Å². The maximum absolute atomic E-state index is 14.0. The molecule has 0 fully saturated rings. The number of hydrogen-bond acceptors (Lipinski definition) is 6. The van der Waals surface area contributed by atoms with Gasteiger partial charge < -0.3 is 26.4 Å². The fraction of sp³-hybridized carbons (Fsp3) is 0.571. The highest BCUT2D eigenvalue weighted by molar-refractivity contribution is 5.94. The Hall–Kier alpha value is -3.41. The van der Waals surface area contributed by atoms with Gasteiger partial charge in [0, 0.05) is 43.9 Å². The largest absolute Gasteiger partial charge is 0.374 e. The summed E-state index contributed by atoms with van der Waals surface area (Å²) in [5.41, 5.74) is 1.24. The molecule has 0 aromatic heterocycles. The number of amides is 3. The molecule has 46 heavy (non-hydrogen) atoms. The van der Waals surface area contributed by atoms with Crippen LogP contribution in [0, 0.1) is 23.5 Å². The number of nitrogens with one attached hydrogen (secondary N) is 4. The van der Waals surface area contributed by atoms with Gasteiger partial charge >= 0.3 is 0 Å². The molecule has 0 saturated carbocycles. The summed E-state index contributed by atoms with van der Waals surface area (Å²) >= 11 is 0. The Labute approximate surface area is 272 Å². The predicted molar refractivity (Wildman–Crippen MR) is 177 cm³/mol. The average molecular weight is 646 g/mol. The summed E-state index contributed by atoms with van der Waals surface area (Å²) in [5, 5.41) is 22.7. The van der Waals surface area contributed by atoms with Crippen LogP contribution in [0.25, 0.3) is 0 Å². The van der Waals surface area contributed by atoms with Crippen molar-refractivity contribution in [2.45, 2.75) is 92.1 Å². The lowest BCUT2D eigenvalue weighted by molar-refractivity contribution is -0.131. The van der Waals surface area contributed by atoms with Crippen molar-refractivity contribution in [2.75, 3.05) is 26.2 Å². The van der Waals surface area contributed by atoms with Crippen LogP contribution in [-0.2, 0) is 16.0 Å². The average Bonchev–Trinajstić information content (AvgIpc) is 2.99. The van der Waals surface area contributed by atoms with E-state index in [1.54, 1.807) is 31.2 Å². The van der Waals surface area contributed by atoms with Crippen molar-refractivity contribution in [3.05, 3.63) is 70.8 Å². The highest BCUT2D eigenvalue weighted by Gasteiger charge is 2.27. The molecule has 0 bridgehead atoms. The van der Waals surface area contributed by atoms with Crippen molar-refractivity contribution in [1.82, 2.24) is 26.2 Å². The molecule has 5 N–H and O–H groups in total. The van der Waals surface area contributed by atoms with Gasteiger partial charge in [0.05, 0.1) is 6.04 Å². The first-order valence-corrected chi connectivity index (χ1v) is 16.3. The summed E-state index contributed by atoms with van der Waals surface area (Å²) in [6, 6.07) is 7.79. The first kappa shape index (κ1) is 38.8. The number of carbonyl (C=O) groups excluding carboxylic acids is 3. The molecule has 0 aliphatic rings. The smallest absolute Gasteiger partial charge is 0.251 e. The van der Waals surface area contributed by atoms with Crippen LogP contribution in [0.15, 0.2) is 42.5 Å². The van der Waals surface area contributed by atoms with Crippen molar-refractivity contribution in [3.63, 3.8) is 0 Å². The van der Waals surface area contributed by atoms with E-state index < -0.39 is 47.8 Å². The molecule has 0 aliphatic carbocycles. The lowest BCUT2D eigenvalue weighted by Gasteiger charge is -2.28.